The van der Waals surface area contributed by atoms with Crippen molar-refractivity contribution in [1.82, 2.24) is 4.90 Å². The molecular weight excluding hydrogens is 262 g/mol. The van der Waals surface area contributed by atoms with Crippen LogP contribution in [0.1, 0.15) is 36.2 Å². The van der Waals surface area contributed by atoms with Crippen LogP contribution in [0.5, 0.6) is 0 Å². The molecule has 0 bridgehead atoms. The molecule has 0 N–H and O–H groups in total. The van der Waals surface area contributed by atoms with Crippen molar-refractivity contribution in [3.05, 3.63) is 29.3 Å². The van der Waals surface area contributed by atoms with Crippen molar-refractivity contribution < 1.29 is 13.2 Å². The molecule has 1 heterocycles. The second-order valence-electron chi connectivity index (χ2n) is 4.72. The Morgan fingerprint density at radius 2 is 1.95 bits per heavy atom. The van der Waals surface area contributed by atoms with Crippen molar-refractivity contribution in [2.75, 3.05) is 18.8 Å². The van der Waals surface area contributed by atoms with Crippen molar-refractivity contribution >= 4 is 15.7 Å². The highest BCUT2D eigenvalue weighted by molar-refractivity contribution is 7.91. The molecule has 0 aromatic heterocycles. The minimum Gasteiger partial charge on any atom is -0.339 e. The zero-order chi connectivity index (χ0) is 14.0. The van der Waals surface area contributed by atoms with Crippen LogP contribution in [0.15, 0.2) is 23.1 Å². The topological polar surface area (TPSA) is 54.5 Å². The molecule has 0 saturated heterocycles. The molecule has 104 valence electrons. The Morgan fingerprint density at radius 1 is 1.26 bits per heavy atom. The summed E-state index contributed by atoms with van der Waals surface area (Å²) in [5.74, 6) is 0.180. The average Bonchev–Trinajstić information content (AvgIpc) is 2.39. The van der Waals surface area contributed by atoms with E-state index in [9.17, 15) is 13.2 Å². The summed E-state index contributed by atoms with van der Waals surface area (Å²) in [6.45, 7) is 5.18. The third-order valence-corrected chi connectivity index (χ3v) is 5.45. The van der Waals surface area contributed by atoms with Gasteiger partial charge in [-0.1, -0.05) is 0 Å². The summed E-state index contributed by atoms with van der Waals surface area (Å²) < 4.78 is 23.8. The van der Waals surface area contributed by atoms with E-state index in [0.717, 1.165) is 12.0 Å². The van der Waals surface area contributed by atoms with E-state index >= 15 is 0 Å². The second kappa shape index (κ2) is 5.33. The fraction of sp³-hybridized carbons (Fsp3) is 0.500. The molecule has 1 aromatic carbocycles. The van der Waals surface area contributed by atoms with Gasteiger partial charge in [-0.2, -0.15) is 0 Å². The number of hydrogen-bond acceptors (Lipinski definition) is 3. The van der Waals surface area contributed by atoms with Gasteiger partial charge >= 0.3 is 0 Å². The lowest BCUT2D eigenvalue weighted by Gasteiger charge is -2.21. The van der Waals surface area contributed by atoms with Gasteiger partial charge in [-0.05, 0) is 50.5 Å². The van der Waals surface area contributed by atoms with Gasteiger partial charge in [-0.15, -0.1) is 0 Å². The summed E-state index contributed by atoms with van der Waals surface area (Å²) >= 11 is 0. The van der Waals surface area contributed by atoms with E-state index in [0.29, 0.717) is 30.0 Å². The molecule has 0 aliphatic carbocycles. The van der Waals surface area contributed by atoms with Gasteiger partial charge in [0.1, 0.15) is 0 Å². The largest absolute Gasteiger partial charge is 0.339 e. The number of carbonyl (C=O) groups is 1. The molecule has 1 aromatic rings. The van der Waals surface area contributed by atoms with Crippen LogP contribution in [0.3, 0.4) is 0 Å². The van der Waals surface area contributed by atoms with Crippen LogP contribution in [0.4, 0.5) is 0 Å². The van der Waals surface area contributed by atoms with Crippen molar-refractivity contribution in [2.24, 2.45) is 0 Å². The molecule has 1 aliphatic rings. The summed E-state index contributed by atoms with van der Waals surface area (Å²) in [5.41, 5.74) is 1.36. The zero-order valence-electron chi connectivity index (χ0n) is 11.3. The first-order valence-corrected chi connectivity index (χ1v) is 8.29. The van der Waals surface area contributed by atoms with Crippen LogP contribution in [-0.2, 0) is 16.3 Å². The van der Waals surface area contributed by atoms with Crippen molar-refractivity contribution in [3.63, 3.8) is 0 Å². The van der Waals surface area contributed by atoms with Crippen molar-refractivity contribution in [3.8, 4) is 0 Å². The molecule has 5 heteroatoms. The molecule has 1 aliphatic heterocycles. The first-order chi connectivity index (χ1) is 8.99. The Bertz CT molecular complexity index is 589. The van der Waals surface area contributed by atoms with Gasteiger partial charge in [0.25, 0.3) is 5.91 Å². The highest BCUT2D eigenvalue weighted by atomic mass is 32.2. The summed E-state index contributed by atoms with van der Waals surface area (Å²) in [4.78, 5) is 14.4. The Kier molecular flexibility index (Phi) is 3.94. The van der Waals surface area contributed by atoms with Gasteiger partial charge in [0, 0.05) is 18.7 Å². The minimum absolute atomic E-state index is 0.0317. The normalized spacial score (nSPS) is 16.7. The fourth-order valence-corrected chi connectivity index (χ4v) is 4.05. The SMILES string of the molecule is CCN(CC)C(=O)c1ccc2c(c1)CCCS2(=O)=O. The first-order valence-electron chi connectivity index (χ1n) is 6.64. The van der Waals surface area contributed by atoms with Gasteiger partial charge in [0.2, 0.25) is 0 Å². The zero-order valence-corrected chi connectivity index (χ0v) is 12.2. The predicted octanol–water partition coefficient (Wildman–Crippen LogP) is 1.89. The van der Waals surface area contributed by atoms with Gasteiger partial charge in [0.05, 0.1) is 10.6 Å². The number of hydrogen-bond donors (Lipinski definition) is 0. The maximum absolute atomic E-state index is 12.2. The highest BCUT2D eigenvalue weighted by Gasteiger charge is 2.24. The number of nitrogens with zero attached hydrogens (tertiary/aromatic N) is 1. The molecule has 0 atom stereocenters. The molecule has 2 rings (SSSR count). The van der Waals surface area contributed by atoms with Crippen LogP contribution in [-0.4, -0.2) is 38.1 Å². The molecule has 19 heavy (non-hydrogen) atoms. The molecule has 0 radical (unpaired) electrons. The molecular formula is C14H19NO3S. The fourth-order valence-electron chi connectivity index (χ4n) is 2.47. The Labute approximate surface area is 114 Å². The predicted molar refractivity (Wildman–Crippen MR) is 74.1 cm³/mol. The lowest BCUT2D eigenvalue weighted by Crippen LogP contribution is -2.30. The number of amides is 1. The number of benzene rings is 1. The summed E-state index contributed by atoms with van der Waals surface area (Å²) in [6, 6.07) is 4.95. The monoisotopic (exact) mass is 281 g/mol. The number of aryl methyl sites for hydroxylation is 1. The quantitative estimate of drug-likeness (QED) is 0.850. The molecule has 0 unspecified atom stereocenters. The van der Waals surface area contributed by atoms with Crippen molar-refractivity contribution in [2.45, 2.75) is 31.6 Å². The van der Waals surface area contributed by atoms with Gasteiger partial charge < -0.3 is 4.90 Å². The second-order valence-corrected chi connectivity index (χ2v) is 6.80. The standard InChI is InChI=1S/C14H19NO3S/c1-3-15(4-2)14(16)12-7-8-13-11(10-12)6-5-9-19(13,17)18/h7-8,10H,3-6,9H2,1-2H3. The third-order valence-electron chi connectivity index (χ3n) is 3.55. The average molecular weight is 281 g/mol. The van der Waals surface area contributed by atoms with E-state index in [1.165, 1.54) is 0 Å². The van der Waals surface area contributed by atoms with Gasteiger partial charge in [0.15, 0.2) is 9.84 Å². The minimum atomic E-state index is -3.14. The van der Waals surface area contributed by atoms with Crippen LogP contribution in [0, 0.1) is 0 Å². The smallest absolute Gasteiger partial charge is 0.253 e. The summed E-state index contributed by atoms with van der Waals surface area (Å²) in [7, 11) is -3.14. The Morgan fingerprint density at radius 3 is 2.58 bits per heavy atom. The van der Waals surface area contributed by atoms with Crippen LogP contribution >= 0.6 is 0 Å². The highest BCUT2D eigenvalue weighted by Crippen LogP contribution is 2.26. The number of sulfone groups is 1. The Hall–Kier alpha value is -1.36. The molecule has 0 fully saturated rings. The maximum atomic E-state index is 12.2. The lowest BCUT2D eigenvalue weighted by molar-refractivity contribution is 0.0772. The van der Waals surface area contributed by atoms with E-state index < -0.39 is 9.84 Å². The van der Waals surface area contributed by atoms with Crippen LogP contribution in [0.2, 0.25) is 0 Å². The number of rotatable bonds is 3. The van der Waals surface area contributed by atoms with Crippen LogP contribution < -0.4 is 0 Å². The van der Waals surface area contributed by atoms with E-state index in [1.54, 1.807) is 23.1 Å². The van der Waals surface area contributed by atoms with E-state index in [1.807, 2.05) is 13.8 Å². The number of carbonyl (C=O) groups excluding carboxylic acids is 1. The van der Waals surface area contributed by atoms with E-state index in [2.05, 4.69) is 0 Å². The number of fused-ring (bicyclic) bond motifs is 1. The van der Waals surface area contributed by atoms with Gasteiger partial charge in [-0.3, -0.25) is 4.79 Å². The van der Waals surface area contributed by atoms with Crippen LogP contribution in [0.25, 0.3) is 0 Å². The molecule has 0 spiro atoms. The lowest BCUT2D eigenvalue weighted by atomic mass is 10.1. The van der Waals surface area contributed by atoms with E-state index in [4.69, 9.17) is 0 Å². The third kappa shape index (κ3) is 2.66. The van der Waals surface area contributed by atoms with Gasteiger partial charge in [-0.25, -0.2) is 8.42 Å². The Balaban J connectivity index is 2.39. The van der Waals surface area contributed by atoms with E-state index in [-0.39, 0.29) is 11.7 Å². The first kappa shape index (κ1) is 14.1. The molecule has 1 amide bonds. The summed E-state index contributed by atoms with van der Waals surface area (Å²) in [6.07, 6.45) is 1.37. The maximum Gasteiger partial charge on any atom is 0.253 e. The summed E-state index contributed by atoms with van der Waals surface area (Å²) in [5, 5.41) is 0. The molecule has 0 saturated carbocycles. The van der Waals surface area contributed by atoms with Crippen molar-refractivity contribution in [1.29, 1.82) is 0 Å². The molecule has 4 nitrogen and oxygen atoms in total.